The highest BCUT2D eigenvalue weighted by Crippen LogP contribution is 2.54. The summed E-state index contributed by atoms with van der Waals surface area (Å²) in [6.07, 6.45) is 29.5. The molecule has 4 nitrogen and oxygen atoms in total. The predicted molar refractivity (Wildman–Crippen MR) is 526 cm³/mol. The molecule has 0 radical (unpaired) electrons. The summed E-state index contributed by atoms with van der Waals surface area (Å²) < 4.78 is 22.5. The van der Waals surface area contributed by atoms with E-state index >= 15 is 0 Å². The van der Waals surface area contributed by atoms with E-state index in [4.69, 9.17) is 4.11 Å². The molecule has 628 valence electrons. The smallest absolute Gasteiger partial charge is 0.0638 e. The molecule has 9 rings (SSSR count). The lowest BCUT2D eigenvalue weighted by Crippen LogP contribution is -2.42. The summed E-state index contributed by atoms with van der Waals surface area (Å²) >= 11 is 13.0. The Morgan fingerprint density at radius 1 is 0.309 bits per heavy atom. The second-order valence-electron chi connectivity index (χ2n) is 36.6. The molecule has 2 fully saturated rings. The van der Waals surface area contributed by atoms with Crippen molar-refractivity contribution in [1.29, 1.82) is 0 Å². The highest BCUT2D eigenvalue weighted by molar-refractivity contribution is 8.01. The van der Waals surface area contributed by atoms with Crippen LogP contribution in [0.5, 0.6) is 0 Å². The molecule has 110 heavy (non-hydrogen) atoms. The molecule has 0 aromatic heterocycles. The minimum absolute atomic E-state index is 0.0442. The summed E-state index contributed by atoms with van der Waals surface area (Å²) in [6, 6.07) is 61.5. The Labute approximate surface area is 719 Å². The number of rotatable bonds is 11. The van der Waals surface area contributed by atoms with Gasteiger partial charge >= 0.3 is 0 Å². The van der Waals surface area contributed by atoms with Crippen LogP contribution in [-0.2, 0) is 14.2 Å². The van der Waals surface area contributed by atoms with E-state index < -0.39 is 11.6 Å². The van der Waals surface area contributed by atoms with Crippen molar-refractivity contribution >= 4 is 82.3 Å². The SMILES string of the molecule is CC(C)N(C)C(C)(C)C.CC(C)N(C)C(C)(C)C.CN(C)C(C)(C)C.CN(C)C(C)(C)C.CSC(C)(C)C.CSC(C)(c1ccccc1)c1ccccc1.CSC(C)(c1ccccc1)c1ccccc1.CSC1(C)CCCCC1.CSC1(C)CCCCC1.CSC1(C)c2ccccc2-c2ccccc21.[2H]C([2H])([2H])C(C)(C)SC. The summed E-state index contributed by atoms with van der Waals surface area (Å²) in [5.41, 5.74) is 12.4. The van der Waals surface area contributed by atoms with E-state index in [1.807, 2.05) is 76.8 Å². The zero-order valence-electron chi connectivity index (χ0n) is 81.0. The molecule has 0 saturated heterocycles. The van der Waals surface area contributed by atoms with Gasteiger partial charge in [-0.3, -0.25) is 9.80 Å². The molecule has 0 aliphatic heterocycles. The van der Waals surface area contributed by atoms with Crippen LogP contribution in [0.15, 0.2) is 170 Å². The summed E-state index contributed by atoms with van der Waals surface area (Å²) in [5, 5.41) is 0. The molecule has 0 N–H and O–H groups in total. The maximum atomic E-state index is 7.05. The van der Waals surface area contributed by atoms with E-state index in [0.717, 1.165) is 0 Å². The van der Waals surface area contributed by atoms with E-state index in [-0.39, 0.29) is 14.2 Å². The van der Waals surface area contributed by atoms with Gasteiger partial charge in [0.2, 0.25) is 0 Å². The Balaban J connectivity index is 0. The first kappa shape index (κ1) is 104. The van der Waals surface area contributed by atoms with E-state index in [9.17, 15) is 0 Å². The molecule has 3 aliphatic carbocycles. The molecule has 0 atom stereocenters. The predicted octanol–water partition coefficient (Wildman–Crippen LogP) is 30.3. The molecular formula is C99H170N4S7. The average molecular weight is 1640 g/mol. The topological polar surface area (TPSA) is 13.0 Å². The van der Waals surface area contributed by atoms with Crippen molar-refractivity contribution in [2.75, 3.05) is 86.1 Å². The lowest BCUT2D eigenvalue weighted by Gasteiger charge is -2.35. The van der Waals surface area contributed by atoms with Gasteiger partial charge in [-0.1, -0.05) is 264 Å². The van der Waals surface area contributed by atoms with Crippen molar-refractivity contribution in [2.24, 2.45) is 0 Å². The fourth-order valence-corrected chi connectivity index (χ4v) is 14.7. The van der Waals surface area contributed by atoms with Crippen molar-refractivity contribution in [1.82, 2.24) is 19.6 Å². The second-order valence-corrected chi connectivity index (χ2v) is 46.1. The van der Waals surface area contributed by atoms with Crippen molar-refractivity contribution in [3.05, 3.63) is 203 Å². The molecule has 11 heteroatoms. The van der Waals surface area contributed by atoms with Crippen LogP contribution in [0.4, 0.5) is 0 Å². The van der Waals surface area contributed by atoms with Gasteiger partial charge in [0.05, 0.1) is 14.2 Å². The quantitative estimate of drug-likeness (QED) is 0.123. The number of thioether (sulfide) groups is 7. The molecule has 2 saturated carbocycles. The average Bonchev–Trinajstić information content (AvgIpc) is 1.58. The lowest BCUT2D eigenvalue weighted by molar-refractivity contribution is 0.136. The van der Waals surface area contributed by atoms with Gasteiger partial charge in [-0.25, -0.2) is 0 Å². The summed E-state index contributed by atoms with van der Waals surface area (Å²) in [7, 11) is 12.6. The van der Waals surface area contributed by atoms with Gasteiger partial charge in [-0.2, -0.15) is 47.0 Å². The normalized spacial score (nSPS) is 15.5. The van der Waals surface area contributed by atoms with Gasteiger partial charge in [-0.05, 0) is 288 Å². The zero-order valence-corrected chi connectivity index (χ0v) is 83.8. The number of hydrogen-bond acceptors (Lipinski definition) is 11. The highest BCUT2D eigenvalue weighted by atomic mass is 32.2. The van der Waals surface area contributed by atoms with Gasteiger partial charge < -0.3 is 9.80 Å². The third-order valence-electron chi connectivity index (χ3n) is 22.0. The highest BCUT2D eigenvalue weighted by Gasteiger charge is 2.38. The molecular weight excluding hydrogens is 1470 g/mol. The van der Waals surface area contributed by atoms with Crippen LogP contribution in [0.3, 0.4) is 0 Å². The van der Waals surface area contributed by atoms with Crippen LogP contribution in [-0.4, -0.2) is 159 Å². The maximum Gasteiger partial charge on any atom is 0.0638 e. The van der Waals surface area contributed by atoms with Gasteiger partial charge in [-0.15, -0.1) is 35.3 Å². The Hall–Kier alpha value is -2.39. The zero-order chi connectivity index (χ0) is 87.9. The van der Waals surface area contributed by atoms with E-state index in [1.54, 1.807) is 13.8 Å². The lowest BCUT2D eigenvalue weighted by atomic mass is 9.90. The molecule has 3 aliphatic rings. The third-order valence-corrected chi connectivity index (χ3v) is 30.8. The van der Waals surface area contributed by atoms with Crippen LogP contribution in [0.1, 0.15) is 289 Å². The first-order valence-electron chi connectivity index (χ1n) is 41.9. The molecule has 0 heterocycles. The van der Waals surface area contributed by atoms with Crippen LogP contribution in [0.25, 0.3) is 11.1 Å². The number of benzene rings is 6. The molecule has 0 bridgehead atoms. The Morgan fingerprint density at radius 2 is 0.536 bits per heavy atom. The maximum absolute atomic E-state index is 7.05. The van der Waals surface area contributed by atoms with Crippen molar-refractivity contribution in [3.63, 3.8) is 0 Å². The Kier molecular flexibility index (Phi) is 49.4. The van der Waals surface area contributed by atoms with Gasteiger partial charge in [0, 0.05) is 57.3 Å². The molecule has 6 aromatic rings. The minimum Gasteiger partial charge on any atom is -0.305 e. The number of fused-ring (bicyclic) bond motifs is 3. The Morgan fingerprint density at radius 3 is 0.673 bits per heavy atom. The van der Waals surface area contributed by atoms with E-state index in [1.165, 1.54) is 120 Å². The fraction of sp³-hybridized carbons (Fsp3) is 0.636. The van der Waals surface area contributed by atoms with E-state index in [2.05, 4.69) is 435 Å². The van der Waals surface area contributed by atoms with Crippen LogP contribution >= 0.6 is 82.3 Å². The van der Waals surface area contributed by atoms with Gasteiger partial charge in [0.15, 0.2) is 0 Å². The first-order valence-corrected chi connectivity index (χ1v) is 49.0. The minimum atomic E-state index is -1.84. The summed E-state index contributed by atoms with van der Waals surface area (Å²) in [6.45, 7) is 55.3. The summed E-state index contributed by atoms with van der Waals surface area (Å²) in [4.78, 5) is 9.08. The largest absolute Gasteiger partial charge is 0.305 e. The number of nitrogens with zero attached hydrogens (tertiary/aromatic N) is 4. The van der Waals surface area contributed by atoms with Gasteiger partial charge in [0.1, 0.15) is 0 Å². The Bertz CT molecular complexity index is 3080. The van der Waals surface area contributed by atoms with Crippen LogP contribution < -0.4 is 0 Å². The fourth-order valence-electron chi connectivity index (χ4n) is 11.0. The van der Waals surface area contributed by atoms with Crippen molar-refractivity contribution < 1.29 is 4.11 Å². The molecule has 0 amide bonds. The van der Waals surface area contributed by atoms with Crippen molar-refractivity contribution in [3.8, 4) is 11.1 Å². The van der Waals surface area contributed by atoms with Crippen molar-refractivity contribution in [2.45, 2.75) is 319 Å². The molecule has 0 spiro atoms. The third kappa shape index (κ3) is 42.7. The van der Waals surface area contributed by atoms with Crippen LogP contribution in [0, 0.1) is 0 Å². The molecule has 6 aromatic carbocycles. The van der Waals surface area contributed by atoms with Gasteiger partial charge in [0.25, 0.3) is 0 Å². The number of hydrogen-bond donors (Lipinski definition) is 0. The van der Waals surface area contributed by atoms with Crippen LogP contribution in [0.2, 0.25) is 0 Å². The standard InChI is InChI=1S/C15H14S.2C15H16S.2C8H19N.2C8H16S.2C6H15N.2C5H12S/c1-15(16-2)13-9-5-3-7-11(13)12-8-4-6-10-14(12)15;2*1-15(16-2,13-9-5-3-6-10-13)14-11-7-4-8-12-14;2*1-7(2)9(6)8(3,4)5;2*1-8(9-2)6-4-3-5-7-8;2*1-6(2,3)7(4)5;2*1-5(2,3)6-4/h3-10H,1-2H3;2*3-12H,1-2H3;2*7H,1-6H3;2*3-7H2,1-2H3;2*1-5H3;2*1-4H3/i;;;;;;;;;1D3;. The monoisotopic (exact) mass is 1640 g/mol. The molecule has 0 unspecified atom stereocenters. The van der Waals surface area contributed by atoms with E-state index in [0.29, 0.717) is 48.5 Å². The first-order chi connectivity index (χ1) is 51.8. The second kappa shape index (κ2) is 52.4. The summed E-state index contributed by atoms with van der Waals surface area (Å²) in [5.74, 6) is 0.